The van der Waals surface area contributed by atoms with E-state index in [4.69, 9.17) is 18.9 Å². The van der Waals surface area contributed by atoms with Gasteiger partial charge in [0.25, 0.3) is 0 Å². The summed E-state index contributed by atoms with van der Waals surface area (Å²) in [6, 6.07) is 0. The number of nitrogens with one attached hydrogen (secondary N) is 6. The largest absolute Gasteiger partial charge is 0.469 e. The monoisotopic (exact) mass is 1490 g/mol. The molecule has 0 saturated carbocycles. The van der Waals surface area contributed by atoms with Crippen molar-refractivity contribution < 1.29 is 52.3 Å². The first-order valence-electron chi connectivity index (χ1n) is 39.8. The number of esters is 3. The van der Waals surface area contributed by atoms with Gasteiger partial charge >= 0.3 is 17.9 Å². The molecule has 8 rings (SSSR count). The maximum atomic E-state index is 11.7. The summed E-state index contributed by atoms with van der Waals surface area (Å²) in [6.07, 6.45) is 16.2. The fraction of sp³-hybridized carbons (Fsp3) is 0.955. The first kappa shape index (κ1) is 96.9. The van der Waals surface area contributed by atoms with E-state index in [-0.39, 0.29) is 142 Å². The smallest absolute Gasteiger partial charge is 0.310 e. The number of methoxy groups -OCH3 is 3. The van der Waals surface area contributed by atoms with Gasteiger partial charge in [0.05, 0.1) is 71.4 Å². The molecule has 0 amide bonds. The number of carbonyl (C=O) groups excluding carboxylic acids is 4. The predicted molar refractivity (Wildman–Crippen MR) is 434 cm³/mol. The minimum absolute atomic E-state index is 0. The van der Waals surface area contributed by atoms with E-state index in [0.717, 1.165) is 27.8 Å². The number of hydrogen-bond donors (Lipinski definition) is 6. The normalized spacial score (nSPS) is 29.2. The Hall–Kier alpha value is -2.32. The molecule has 618 valence electrons. The Labute approximate surface area is 645 Å². The molecule has 8 aliphatic heterocycles. The summed E-state index contributed by atoms with van der Waals surface area (Å²) < 4.78 is 39.0. The SMILES string of the molecule is C.C.C.CC(C)(C)CC(C1CC(C)(C)NC(C)(C)C1)(C1CC(C)(C)NC(C)(C)C1)C1CC(C)(C)NC(C)(C)C1.CC1OCC2(CO1)COC(C(C)(C)CC(C1CC(C)(C)NC(C)(C)C1)(C1CC(C)(C)NC(C)(C)C1)C1CC(C)(C)NC(C)(C)C1)OC2.COC(=O)CC(C(=O)OC)C(CC(C)=O)C(=O)OC. The average molecular weight is 1490 g/mol. The molecule has 0 aromatic rings. The van der Waals surface area contributed by atoms with Crippen molar-refractivity contribution in [1.29, 1.82) is 0 Å². The van der Waals surface area contributed by atoms with Crippen molar-refractivity contribution in [3.63, 3.8) is 0 Å². The zero-order chi connectivity index (χ0) is 77.9. The Balaban J connectivity index is 0.000000439. The third-order valence-electron chi connectivity index (χ3n) is 24.9. The average Bonchev–Trinajstić information content (AvgIpc) is 0.718. The second-order valence-electron chi connectivity index (χ2n) is 44.7. The number of piperidine rings is 6. The molecule has 8 fully saturated rings. The lowest BCUT2D eigenvalue weighted by Gasteiger charge is -2.66. The van der Waals surface area contributed by atoms with Gasteiger partial charge in [0.15, 0.2) is 12.6 Å². The maximum Gasteiger partial charge on any atom is 0.310 e. The highest BCUT2D eigenvalue weighted by atomic mass is 16.7. The molecule has 2 atom stereocenters. The van der Waals surface area contributed by atoms with E-state index in [1.807, 2.05) is 6.92 Å². The van der Waals surface area contributed by atoms with Crippen molar-refractivity contribution in [2.75, 3.05) is 47.8 Å². The number of Topliss-reactive ketones (excluding diaryl/α,β-unsaturated/α-hetero) is 1. The number of ketones is 1. The fourth-order valence-electron chi connectivity index (χ4n) is 24.4. The molecule has 0 aromatic heterocycles. The van der Waals surface area contributed by atoms with Gasteiger partial charge in [0.2, 0.25) is 0 Å². The fourth-order valence-corrected chi connectivity index (χ4v) is 24.4. The number of carbonyl (C=O) groups is 4. The molecule has 2 unspecified atom stereocenters. The lowest BCUT2D eigenvalue weighted by Crippen LogP contribution is -2.68. The summed E-state index contributed by atoms with van der Waals surface area (Å²) in [6.45, 7) is 77.2. The van der Waals surface area contributed by atoms with E-state index in [1.54, 1.807) is 0 Å². The van der Waals surface area contributed by atoms with Crippen LogP contribution in [0.3, 0.4) is 0 Å². The summed E-state index contributed by atoms with van der Waals surface area (Å²) >= 11 is 0. The summed E-state index contributed by atoms with van der Waals surface area (Å²) in [4.78, 5) is 45.7. The molecular weight excluding hydrogens is 1320 g/mol. The molecule has 8 aliphatic rings. The molecular formula is C88H170N6O11. The van der Waals surface area contributed by atoms with Crippen molar-refractivity contribution in [3.8, 4) is 0 Å². The van der Waals surface area contributed by atoms with Crippen molar-refractivity contribution >= 4 is 23.7 Å². The third-order valence-corrected chi connectivity index (χ3v) is 24.9. The van der Waals surface area contributed by atoms with Crippen molar-refractivity contribution in [2.24, 2.45) is 74.4 Å². The molecule has 17 nitrogen and oxygen atoms in total. The van der Waals surface area contributed by atoms with Gasteiger partial charge < -0.3 is 69.9 Å². The topological polar surface area (TPSA) is 205 Å². The Kier molecular flexibility index (Phi) is 31.2. The first-order chi connectivity index (χ1) is 45.8. The first-order valence-corrected chi connectivity index (χ1v) is 39.8. The van der Waals surface area contributed by atoms with Gasteiger partial charge in [-0.3, -0.25) is 14.4 Å². The molecule has 1 spiro atoms. The van der Waals surface area contributed by atoms with Gasteiger partial charge in [-0.1, -0.05) is 56.9 Å². The molecule has 8 heterocycles. The van der Waals surface area contributed by atoms with E-state index < -0.39 is 29.7 Å². The number of ether oxygens (including phenoxy) is 7. The van der Waals surface area contributed by atoms with Gasteiger partial charge in [0.1, 0.15) is 5.78 Å². The van der Waals surface area contributed by atoms with Gasteiger partial charge in [-0.05, 0) is 322 Å². The van der Waals surface area contributed by atoms with Crippen LogP contribution in [0, 0.1) is 74.4 Å². The van der Waals surface area contributed by atoms with Crippen LogP contribution in [-0.4, -0.2) is 150 Å². The Bertz CT molecular complexity index is 2560. The molecule has 17 heteroatoms. The lowest BCUT2D eigenvalue weighted by atomic mass is 9.44. The predicted octanol–water partition coefficient (Wildman–Crippen LogP) is 17.9. The van der Waals surface area contributed by atoms with Crippen LogP contribution in [0.1, 0.15) is 340 Å². The zero-order valence-electron chi connectivity index (χ0n) is 71.9. The second-order valence-corrected chi connectivity index (χ2v) is 44.7. The summed E-state index contributed by atoms with van der Waals surface area (Å²) in [5.74, 6) is -0.800. The van der Waals surface area contributed by atoms with Gasteiger partial charge in [-0.25, -0.2) is 0 Å². The van der Waals surface area contributed by atoms with Crippen LogP contribution in [-0.2, 0) is 52.3 Å². The number of hydrogen-bond acceptors (Lipinski definition) is 17. The van der Waals surface area contributed by atoms with Gasteiger partial charge in [0, 0.05) is 78.3 Å². The van der Waals surface area contributed by atoms with E-state index in [0.29, 0.717) is 67.3 Å². The quantitative estimate of drug-likeness (QED) is 0.0592. The molecule has 0 bridgehead atoms. The van der Waals surface area contributed by atoms with Crippen LogP contribution in [0.4, 0.5) is 0 Å². The minimum atomic E-state index is -1.10. The minimum Gasteiger partial charge on any atom is -0.469 e. The summed E-state index contributed by atoms with van der Waals surface area (Å²) in [7, 11) is 3.44. The van der Waals surface area contributed by atoms with Crippen molar-refractivity contribution in [3.05, 3.63) is 0 Å². The van der Waals surface area contributed by atoms with E-state index >= 15 is 0 Å². The molecule has 0 aromatic carbocycles. The van der Waals surface area contributed by atoms with Crippen LogP contribution in [0.25, 0.3) is 0 Å². The van der Waals surface area contributed by atoms with Crippen LogP contribution >= 0.6 is 0 Å². The highest BCUT2D eigenvalue weighted by Gasteiger charge is 2.64. The van der Waals surface area contributed by atoms with Crippen LogP contribution in [0.5, 0.6) is 0 Å². The third kappa shape index (κ3) is 25.9. The van der Waals surface area contributed by atoms with Crippen LogP contribution in [0.2, 0.25) is 0 Å². The highest BCUT2D eigenvalue weighted by Crippen LogP contribution is 2.66. The van der Waals surface area contributed by atoms with E-state index in [1.165, 1.54) is 90.4 Å². The Morgan fingerprint density at radius 2 is 0.581 bits per heavy atom. The number of rotatable bonds is 17. The molecule has 8 saturated heterocycles. The lowest BCUT2D eigenvalue weighted by molar-refractivity contribution is -0.322. The Morgan fingerprint density at radius 3 is 0.790 bits per heavy atom. The van der Waals surface area contributed by atoms with Gasteiger partial charge in [-0.15, -0.1) is 0 Å². The Morgan fingerprint density at radius 1 is 0.362 bits per heavy atom. The zero-order valence-corrected chi connectivity index (χ0v) is 71.9. The highest BCUT2D eigenvalue weighted by molar-refractivity contribution is 5.89. The molecule has 0 radical (unpaired) electrons. The summed E-state index contributed by atoms with van der Waals surface area (Å²) in [5.41, 5.74) is 1.56. The standard InChI is InChI=1S/C40H75N3O4.C33H65N3.C12H18O7.3CH4/c1-27-44-23-39(24-45-27)25-46-31(47-26-39)32(2,3)22-40(28-16-33(4,5)41-34(6,7)17-28,29-18-35(8,9)42-36(10,11)19-29)30-20-37(12,13)43-38(14,15)21-30;1-26(2,3)22-33(23-16-27(4,5)34-28(6,7)17-23,24-18-29(8,9)35-30(10,11)19-24)25-20-31(12,13)36-32(14,15)21-25;1-7(13)5-8(11(15)18-3)9(12(16)19-4)6-10(14)17-2;;;/h27-31,41-43H,16-26H2,1-15H3;23-25,34-36H,16-22H2,1-15H3;8-9H,5-6H2,1-4H3;3*1H4. The maximum absolute atomic E-state index is 11.7. The van der Waals surface area contributed by atoms with Crippen LogP contribution in [0.15, 0.2) is 0 Å². The van der Waals surface area contributed by atoms with E-state index in [2.05, 4.69) is 247 Å². The molecule has 0 aliphatic carbocycles. The second kappa shape index (κ2) is 33.8. The molecule has 105 heavy (non-hydrogen) atoms. The summed E-state index contributed by atoms with van der Waals surface area (Å²) in [5, 5.41) is 24.3. The van der Waals surface area contributed by atoms with E-state index in [9.17, 15) is 19.2 Å². The van der Waals surface area contributed by atoms with Gasteiger partial charge in [-0.2, -0.15) is 0 Å². The van der Waals surface area contributed by atoms with Crippen molar-refractivity contribution in [2.45, 2.75) is 419 Å². The van der Waals surface area contributed by atoms with Crippen molar-refractivity contribution in [1.82, 2.24) is 31.9 Å². The van der Waals surface area contributed by atoms with Crippen LogP contribution < -0.4 is 31.9 Å². The molecule has 6 N–H and O–H groups in total.